The number of alkyl carbamates (subject to hydrolysis) is 1. The molecule has 2 aliphatic heterocycles. The highest BCUT2D eigenvalue weighted by atomic mass is 16.6. The third-order valence-electron chi connectivity index (χ3n) is 5.60. The molecule has 0 radical (unpaired) electrons. The van der Waals surface area contributed by atoms with Crippen molar-refractivity contribution in [2.24, 2.45) is 5.92 Å². The molecule has 1 aliphatic carbocycles. The van der Waals surface area contributed by atoms with E-state index in [0.717, 1.165) is 18.0 Å². The molecule has 1 saturated carbocycles. The van der Waals surface area contributed by atoms with Gasteiger partial charge in [0.2, 0.25) is 0 Å². The van der Waals surface area contributed by atoms with Crippen molar-refractivity contribution in [2.45, 2.75) is 89.1 Å². The van der Waals surface area contributed by atoms with Gasteiger partial charge in [0.1, 0.15) is 5.60 Å². The molecule has 2 bridgehead atoms. The van der Waals surface area contributed by atoms with Crippen molar-refractivity contribution in [1.29, 1.82) is 0 Å². The fourth-order valence-electron chi connectivity index (χ4n) is 4.22. The molecule has 5 nitrogen and oxygen atoms in total. The lowest BCUT2D eigenvalue weighted by atomic mass is 9.96. The maximum absolute atomic E-state index is 11.9. The van der Waals surface area contributed by atoms with Gasteiger partial charge >= 0.3 is 6.09 Å². The maximum atomic E-state index is 11.9. The number of ether oxygens (including phenoxy) is 1. The first-order chi connectivity index (χ1) is 10.8. The lowest BCUT2D eigenvalue weighted by Gasteiger charge is -2.38. The number of carbonyl (C=O) groups is 1. The van der Waals surface area contributed by atoms with Crippen LogP contribution in [0.5, 0.6) is 0 Å². The van der Waals surface area contributed by atoms with Crippen LogP contribution in [-0.2, 0) is 4.74 Å². The van der Waals surface area contributed by atoms with Crippen LogP contribution in [0.2, 0.25) is 0 Å². The number of rotatable bonds is 5. The van der Waals surface area contributed by atoms with Gasteiger partial charge in [-0.2, -0.15) is 0 Å². The van der Waals surface area contributed by atoms with Gasteiger partial charge in [-0.05, 0) is 72.3 Å². The van der Waals surface area contributed by atoms with Crippen LogP contribution in [0.25, 0.3) is 0 Å². The Morgan fingerprint density at radius 1 is 1.17 bits per heavy atom. The van der Waals surface area contributed by atoms with Gasteiger partial charge in [0.25, 0.3) is 0 Å². The molecular formula is C18H33N3O2. The summed E-state index contributed by atoms with van der Waals surface area (Å²) in [4.78, 5) is 14.5. The fraction of sp³-hybridized carbons (Fsp3) is 0.944. The fourth-order valence-corrected chi connectivity index (χ4v) is 4.22. The molecule has 2 saturated heterocycles. The highest BCUT2D eigenvalue weighted by Gasteiger charge is 2.40. The number of carbonyl (C=O) groups excluding carboxylic acids is 1. The van der Waals surface area contributed by atoms with Gasteiger partial charge in [0, 0.05) is 30.7 Å². The van der Waals surface area contributed by atoms with Gasteiger partial charge in [0.05, 0.1) is 0 Å². The van der Waals surface area contributed by atoms with Crippen LogP contribution in [-0.4, -0.2) is 54.4 Å². The smallest absolute Gasteiger partial charge is 0.407 e. The first kappa shape index (κ1) is 17.0. The number of nitrogens with one attached hydrogen (secondary N) is 2. The van der Waals surface area contributed by atoms with E-state index in [9.17, 15) is 4.79 Å². The molecular weight excluding hydrogens is 290 g/mol. The summed E-state index contributed by atoms with van der Waals surface area (Å²) in [5.41, 5.74) is -0.431. The van der Waals surface area contributed by atoms with Gasteiger partial charge in [-0.15, -0.1) is 0 Å². The number of fused-ring (bicyclic) bond motifs is 2. The lowest BCUT2D eigenvalue weighted by Crippen LogP contribution is -2.53. The monoisotopic (exact) mass is 323 g/mol. The van der Waals surface area contributed by atoms with Crippen LogP contribution in [0.1, 0.15) is 59.3 Å². The molecule has 0 spiro atoms. The lowest BCUT2D eigenvalue weighted by molar-refractivity contribution is 0.0517. The molecule has 0 aromatic carbocycles. The van der Waals surface area contributed by atoms with E-state index in [1.54, 1.807) is 0 Å². The Kier molecular flexibility index (Phi) is 4.88. The second-order valence-electron chi connectivity index (χ2n) is 8.71. The van der Waals surface area contributed by atoms with Crippen molar-refractivity contribution < 1.29 is 9.53 Å². The molecule has 3 rings (SSSR count). The zero-order chi connectivity index (χ0) is 16.6. The maximum Gasteiger partial charge on any atom is 0.407 e. The van der Waals surface area contributed by atoms with E-state index < -0.39 is 5.60 Å². The molecule has 3 fully saturated rings. The topological polar surface area (TPSA) is 53.6 Å². The molecule has 2 heterocycles. The summed E-state index contributed by atoms with van der Waals surface area (Å²) in [5, 5.41) is 6.82. The van der Waals surface area contributed by atoms with Gasteiger partial charge in [-0.1, -0.05) is 0 Å². The third-order valence-corrected chi connectivity index (χ3v) is 5.60. The molecule has 2 N–H and O–H groups in total. The Hall–Kier alpha value is -0.810. The number of amides is 1. The highest BCUT2D eigenvalue weighted by Crippen LogP contribution is 2.37. The van der Waals surface area contributed by atoms with Crippen molar-refractivity contribution >= 4 is 6.09 Å². The summed E-state index contributed by atoms with van der Waals surface area (Å²) in [6, 6.07) is 2.51. The Morgan fingerprint density at radius 3 is 2.30 bits per heavy atom. The number of hydrogen-bond acceptors (Lipinski definition) is 4. The molecule has 1 amide bonds. The summed E-state index contributed by atoms with van der Waals surface area (Å²) in [7, 11) is 2.28. The molecule has 23 heavy (non-hydrogen) atoms. The molecule has 5 heteroatoms. The Morgan fingerprint density at radius 2 is 1.78 bits per heavy atom. The number of hydrogen-bond donors (Lipinski definition) is 2. The van der Waals surface area contributed by atoms with Crippen molar-refractivity contribution in [1.82, 2.24) is 15.5 Å². The van der Waals surface area contributed by atoms with E-state index in [2.05, 4.69) is 22.6 Å². The number of piperidine rings is 1. The minimum Gasteiger partial charge on any atom is -0.444 e. The predicted molar refractivity (Wildman–Crippen MR) is 91.5 cm³/mol. The largest absolute Gasteiger partial charge is 0.444 e. The second-order valence-corrected chi connectivity index (χ2v) is 8.71. The standard InChI is InChI=1S/C18H33N3O2/c1-18(2,3)23-17(22)19-11-16(12-5-6-12)20-13-9-14-7-8-15(10-13)21(14)4/h12-16,20H,5-11H2,1-4H3,(H,19,22). The SMILES string of the molecule is CN1C2CCC1CC(NC(CNC(=O)OC(C)(C)C)C1CC1)C2. The molecule has 0 aromatic heterocycles. The first-order valence-corrected chi connectivity index (χ1v) is 9.26. The van der Waals surface area contributed by atoms with Gasteiger partial charge in [-0.25, -0.2) is 4.79 Å². The highest BCUT2D eigenvalue weighted by molar-refractivity contribution is 5.67. The van der Waals surface area contributed by atoms with Crippen LogP contribution in [0.15, 0.2) is 0 Å². The van der Waals surface area contributed by atoms with Crippen LogP contribution in [0, 0.1) is 5.92 Å². The summed E-state index contributed by atoms with van der Waals surface area (Å²) in [6.07, 6.45) is 7.48. The summed E-state index contributed by atoms with van der Waals surface area (Å²) in [5.74, 6) is 0.724. The van der Waals surface area contributed by atoms with Crippen molar-refractivity contribution in [3.8, 4) is 0 Å². The summed E-state index contributed by atoms with van der Waals surface area (Å²) in [6.45, 7) is 6.38. The Labute approximate surface area is 140 Å². The zero-order valence-electron chi connectivity index (χ0n) is 15.1. The Bertz CT molecular complexity index is 416. The molecule has 3 unspecified atom stereocenters. The van der Waals surface area contributed by atoms with Crippen molar-refractivity contribution in [3.05, 3.63) is 0 Å². The third kappa shape index (κ3) is 4.60. The zero-order valence-corrected chi connectivity index (χ0v) is 15.1. The van der Waals surface area contributed by atoms with Crippen molar-refractivity contribution in [2.75, 3.05) is 13.6 Å². The molecule has 3 atom stereocenters. The quantitative estimate of drug-likeness (QED) is 0.816. The van der Waals surface area contributed by atoms with E-state index in [1.807, 2.05) is 20.8 Å². The average molecular weight is 323 g/mol. The van der Waals surface area contributed by atoms with E-state index in [-0.39, 0.29) is 6.09 Å². The van der Waals surface area contributed by atoms with Crippen LogP contribution in [0.3, 0.4) is 0 Å². The van der Waals surface area contributed by atoms with Crippen molar-refractivity contribution in [3.63, 3.8) is 0 Å². The average Bonchev–Trinajstić information content (AvgIpc) is 3.24. The van der Waals surface area contributed by atoms with E-state index in [1.165, 1.54) is 38.5 Å². The minimum atomic E-state index is -0.431. The number of nitrogens with zero attached hydrogens (tertiary/aromatic N) is 1. The predicted octanol–water partition coefficient (Wildman–Crippen LogP) is 2.50. The first-order valence-electron chi connectivity index (χ1n) is 9.26. The summed E-state index contributed by atoms with van der Waals surface area (Å²) < 4.78 is 5.35. The minimum absolute atomic E-state index is 0.298. The van der Waals surface area contributed by atoms with Crippen LogP contribution >= 0.6 is 0 Å². The summed E-state index contributed by atoms with van der Waals surface area (Å²) >= 11 is 0. The van der Waals surface area contributed by atoms with E-state index >= 15 is 0 Å². The molecule has 3 aliphatic rings. The molecule has 0 aromatic rings. The van der Waals surface area contributed by atoms with Gasteiger partial charge in [-0.3, -0.25) is 0 Å². The van der Waals surface area contributed by atoms with Gasteiger partial charge in [0.15, 0.2) is 0 Å². The van der Waals surface area contributed by atoms with Crippen LogP contribution in [0.4, 0.5) is 4.79 Å². The van der Waals surface area contributed by atoms with Gasteiger partial charge < -0.3 is 20.3 Å². The van der Waals surface area contributed by atoms with E-state index in [0.29, 0.717) is 18.6 Å². The normalized spacial score (nSPS) is 32.6. The molecule has 132 valence electrons. The van der Waals surface area contributed by atoms with Crippen LogP contribution < -0.4 is 10.6 Å². The second kappa shape index (κ2) is 6.60. The van der Waals surface area contributed by atoms with E-state index in [4.69, 9.17) is 4.74 Å². The Balaban J connectivity index is 1.47.